The number of halogens is 2. The number of nitrogen functional groups attached to an aromatic ring is 1. The zero-order valence-electron chi connectivity index (χ0n) is 9.47. The Morgan fingerprint density at radius 3 is 2.63 bits per heavy atom. The van der Waals surface area contributed by atoms with Gasteiger partial charge in [-0.15, -0.1) is 0 Å². The molecule has 2 rings (SSSR count). The monoisotopic (exact) mass is 301 g/mol. The molecule has 0 amide bonds. The van der Waals surface area contributed by atoms with E-state index in [4.69, 9.17) is 17.3 Å². The highest BCUT2D eigenvalue weighted by Crippen LogP contribution is 2.25. The van der Waals surface area contributed by atoms with Crippen molar-refractivity contribution in [1.82, 2.24) is 4.98 Å². The molecular weight excluding hydrogens is 293 g/mol. The SMILES string of the molecule is Nc1cc(Cl)ccc1NS(=O)(=O)c1cncc(F)c1. The smallest absolute Gasteiger partial charge is 0.263 e. The molecule has 0 spiro atoms. The zero-order chi connectivity index (χ0) is 14.0. The van der Waals surface area contributed by atoms with Crippen LogP contribution >= 0.6 is 11.6 Å². The third-order valence-corrected chi connectivity index (χ3v) is 3.82. The first-order chi connectivity index (χ1) is 8.88. The van der Waals surface area contributed by atoms with E-state index in [2.05, 4.69) is 9.71 Å². The topological polar surface area (TPSA) is 85.1 Å². The molecule has 0 bridgehead atoms. The number of aromatic nitrogens is 1. The third-order valence-electron chi connectivity index (χ3n) is 2.25. The number of nitrogens with one attached hydrogen (secondary N) is 1. The molecule has 3 N–H and O–H groups in total. The number of hydrogen-bond donors (Lipinski definition) is 2. The molecular formula is C11H9ClFN3O2S. The molecule has 0 aliphatic carbocycles. The predicted octanol–water partition coefficient (Wildman–Crippen LogP) is 2.26. The van der Waals surface area contributed by atoms with Gasteiger partial charge in [0.15, 0.2) is 0 Å². The van der Waals surface area contributed by atoms with Crippen molar-refractivity contribution in [3.05, 3.63) is 47.5 Å². The molecule has 5 nitrogen and oxygen atoms in total. The minimum absolute atomic E-state index is 0.161. The van der Waals surface area contributed by atoms with E-state index in [0.717, 1.165) is 18.5 Å². The van der Waals surface area contributed by atoms with E-state index in [-0.39, 0.29) is 16.3 Å². The molecule has 2 aromatic rings. The average Bonchev–Trinajstić information content (AvgIpc) is 2.33. The minimum atomic E-state index is -3.95. The van der Waals surface area contributed by atoms with Crippen LogP contribution < -0.4 is 10.5 Å². The molecule has 0 fully saturated rings. The van der Waals surface area contributed by atoms with E-state index in [0.29, 0.717) is 5.02 Å². The lowest BCUT2D eigenvalue weighted by Crippen LogP contribution is -2.14. The summed E-state index contributed by atoms with van der Waals surface area (Å²) in [6.45, 7) is 0. The van der Waals surface area contributed by atoms with Gasteiger partial charge in [-0.05, 0) is 24.3 Å². The van der Waals surface area contributed by atoms with Crippen LogP contribution in [0.1, 0.15) is 0 Å². The second kappa shape index (κ2) is 5.02. The van der Waals surface area contributed by atoms with Gasteiger partial charge < -0.3 is 5.73 Å². The molecule has 0 radical (unpaired) electrons. The number of anilines is 2. The highest BCUT2D eigenvalue weighted by atomic mass is 35.5. The Balaban J connectivity index is 2.36. The molecule has 0 saturated carbocycles. The summed E-state index contributed by atoms with van der Waals surface area (Å²) in [5.41, 5.74) is 5.96. The Labute approximate surface area is 114 Å². The van der Waals surface area contributed by atoms with Gasteiger partial charge in [-0.1, -0.05) is 11.6 Å². The lowest BCUT2D eigenvalue weighted by atomic mass is 10.3. The van der Waals surface area contributed by atoms with E-state index in [1.165, 1.54) is 18.2 Å². The number of nitrogens with two attached hydrogens (primary N) is 1. The lowest BCUT2D eigenvalue weighted by molar-refractivity contribution is 0.592. The number of hydrogen-bond acceptors (Lipinski definition) is 4. The largest absolute Gasteiger partial charge is 0.397 e. The van der Waals surface area contributed by atoms with Crippen molar-refractivity contribution in [2.24, 2.45) is 0 Å². The number of nitrogens with zero attached hydrogens (tertiary/aromatic N) is 1. The Morgan fingerprint density at radius 1 is 1.26 bits per heavy atom. The van der Waals surface area contributed by atoms with Gasteiger partial charge in [0, 0.05) is 11.2 Å². The predicted molar refractivity (Wildman–Crippen MR) is 70.9 cm³/mol. The third kappa shape index (κ3) is 3.12. The summed E-state index contributed by atoms with van der Waals surface area (Å²) in [5.74, 6) is -0.744. The van der Waals surface area contributed by atoms with Crippen LogP contribution in [0.2, 0.25) is 5.02 Å². The summed E-state index contributed by atoms with van der Waals surface area (Å²) < 4.78 is 39.2. The summed E-state index contributed by atoms with van der Waals surface area (Å²) in [5, 5.41) is 0.382. The van der Waals surface area contributed by atoms with Crippen LogP contribution in [0, 0.1) is 5.82 Å². The highest BCUT2D eigenvalue weighted by Gasteiger charge is 2.16. The van der Waals surface area contributed by atoms with Gasteiger partial charge in [0.2, 0.25) is 0 Å². The van der Waals surface area contributed by atoms with Crippen molar-refractivity contribution in [1.29, 1.82) is 0 Å². The Bertz CT molecular complexity index is 722. The van der Waals surface area contributed by atoms with E-state index in [9.17, 15) is 12.8 Å². The van der Waals surface area contributed by atoms with Crippen LogP contribution in [0.15, 0.2) is 41.6 Å². The molecule has 0 atom stereocenters. The summed E-state index contributed by atoms with van der Waals surface area (Å²) >= 11 is 5.71. The van der Waals surface area contributed by atoms with E-state index in [1.807, 2.05) is 0 Å². The maximum Gasteiger partial charge on any atom is 0.263 e. The first-order valence-corrected chi connectivity index (χ1v) is 6.93. The van der Waals surface area contributed by atoms with Crippen LogP contribution in [0.25, 0.3) is 0 Å². The first kappa shape index (κ1) is 13.6. The van der Waals surface area contributed by atoms with Crippen molar-refractivity contribution in [2.45, 2.75) is 4.90 Å². The van der Waals surface area contributed by atoms with Crippen LogP contribution in [-0.2, 0) is 10.0 Å². The summed E-state index contributed by atoms with van der Waals surface area (Å²) in [7, 11) is -3.95. The number of pyridine rings is 1. The first-order valence-electron chi connectivity index (χ1n) is 5.07. The fourth-order valence-corrected chi connectivity index (χ4v) is 2.61. The average molecular weight is 302 g/mol. The van der Waals surface area contributed by atoms with Crippen molar-refractivity contribution >= 4 is 33.0 Å². The number of benzene rings is 1. The second-order valence-electron chi connectivity index (χ2n) is 3.68. The van der Waals surface area contributed by atoms with Crippen LogP contribution in [0.5, 0.6) is 0 Å². The Kier molecular flexibility index (Phi) is 3.59. The molecule has 0 aliphatic rings. The normalized spacial score (nSPS) is 11.3. The fraction of sp³-hybridized carbons (Fsp3) is 0. The van der Waals surface area contributed by atoms with E-state index in [1.54, 1.807) is 0 Å². The molecule has 0 unspecified atom stereocenters. The molecule has 8 heteroatoms. The highest BCUT2D eigenvalue weighted by molar-refractivity contribution is 7.92. The maximum absolute atomic E-state index is 13.0. The molecule has 19 heavy (non-hydrogen) atoms. The van der Waals surface area contributed by atoms with Crippen LogP contribution in [0.3, 0.4) is 0 Å². The van der Waals surface area contributed by atoms with E-state index < -0.39 is 15.8 Å². The van der Waals surface area contributed by atoms with Crippen molar-refractivity contribution in [3.63, 3.8) is 0 Å². The fourth-order valence-electron chi connectivity index (χ4n) is 1.37. The molecule has 0 aliphatic heterocycles. The summed E-state index contributed by atoms with van der Waals surface area (Å²) in [6.07, 6.45) is 1.95. The van der Waals surface area contributed by atoms with Crippen molar-refractivity contribution in [2.75, 3.05) is 10.5 Å². The van der Waals surface area contributed by atoms with Crippen LogP contribution in [0.4, 0.5) is 15.8 Å². The van der Waals surface area contributed by atoms with Gasteiger partial charge in [-0.25, -0.2) is 12.8 Å². The lowest BCUT2D eigenvalue weighted by Gasteiger charge is -2.10. The van der Waals surface area contributed by atoms with Gasteiger partial charge in [0.05, 0.1) is 17.6 Å². The second-order valence-corrected chi connectivity index (χ2v) is 5.79. The van der Waals surface area contributed by atoms with Crippen LogP contribution in [-0.4, -0.2) is 13.4 Å². The molecule has 1 heterocycles. The van der Waals surface area contributed by atoms with Gasteiger partial charge in [-0.2, -0.15) is 0 Å². The van der Waals surface area contributed by atoms with Gasteiger partial charge >= 0.3 is 0 Å². The standard InChI is InChI=1S/C11H9ClFN3O2S/c12-7-1-2-11(10(14)3-7)16-19(17,18)9-4-8(13)5-15-6-9/h1-6,16H,14H2. The zero-order valence-corrected chi connectivity index (χ0v) is 11.0. The summed E-state index contributed by atoms with van der Waals surface area (Å²) in [4.78, 5) is 3.19. The van der Waals surface area contributed by atoms with Gasteiger partial charge in [0.25, 0.3) is 10.0 Å². The van der Waals surface area contributed by atoms with E-state index >= 15 is 0 Å². The number of rotatable bonds is 3. The minimum Gasteiger partial charge on any atom is -0.397 e. The number of sulfonamides is 1. The maximum atomic E-state index is 13.0. The quantitative estimate of drug-likeness (QED) is 0.852. The molecule has 0 saturated heterocycles. The Hall–Kier alpha value is -1.86. The van der Waals surface area contributed by atoms with Crippen molar-refractivity contribution < 1.29 is 12.8 Å². The molecule has 1 aromatic heterocycles. The Morgan fingerprint density at radius 2 is 2.00 bits per heavy atom. The summed E-state index contributed by atoms with van der Waals surface area (Å²) in [6, 6.07) is 5.17. The van der Waals surface area contributed by atoms with Gasteiger partial charge in [0.1, 0.15) is 10.7 Å². The molecule has 1 aromatic carbocycles. The van der Waals surface area contributed by atoms with Crippen molar-refractivity contribution in [3.8, 4) is 0 Å². The van der Waals surface area contributed by atoms with Gasteiger partial charge in [-0.3, -0.25) is 9.71 Å². The molecule has 100 valence electrons.